The van der Waals surface area contributed by atoms with Gasteiger partial charge < -0.3 is 15.5 Å². The number of amides is 1. The Hall–Kier alpha value is -1.10. The van der Waals surface area contributed by atoms with Gasteiger partial charge >= 0.3 is 5.97 Å². The van der Waals surface area contributed by atoms with Crippen molar-refractivity contribution >= 4 is 11.9 Å². The third kappa shape index (κ3) is 9.81. The van der Waals surface area contributed by atoms with Gasteiger partial charge in [-0.15, -0.1) is 0 Å². The molecule has 0 rings (SSSR count). The lowest BCUT2D eigenvalue weighted by molar-refractivity contribution is -0.143. The van der Waals surface area contributed by atoms with Gasteiger partial charge in [-0.2, -0.15) is 0 Å². The second kappa shape index (κ2) is 8.06. The summed E-state index contributed by atoms with van der Waals surface area (Å²) in [6, 6.07) is 0. The lowest BCUT2D eigenvalue weighted by Gasteiger charge is -2.20. The minimum absolute atomic E-state index is 0.174. The first kappa shape index (κ1) is 15.9. The number of carboxylic acids is 1. The molecule has 0 aromatic heterocycles. The number of aliphatic hydroxyl groups is 1. The Morgan fingerprint density at radius 1 is 1.18 bits per heavy atom. The van der Waals surface area contributed by atoms with E-state index in [4.69, 9.17) is 5.11 Å². The highest BCUT2D eigenvalue weighted by Crippen LogP contribution is 2.13. The molecular weight excluding hydrogens is 222 g/mol. The van der Waals surface area contributed by atoms with Gasteiger partial charge in [0, 0.05) is 6.54 Å². The van der Waals surface area contributed by atoms with E-state index in [-0.39, 0.29) is 12.3 Å². The molecule has 0 aromatic carbocycles. The van der Waals surface area contributed by atoms with Crippen LogP contribution in [0.25, 0.3) is 0 Å². The SMILES string of the molecule is CCCCCCNC(=O)C[C@](C)(O)CC(=O)O. The summed E-state index contributed by atoms with van der Waals surface area (Å²) in [4.78, 5) is 21.8. The van der Waals surface area contributed by atoms with Crippen LogP contribution in [-0.4, -0.2) is 34.2 Å². The molecule has 0 saturated carbocycles. The molecule has 100 valence electrons. The van der Waals surface area contributed by atoms with Gasteiger partial charge in [0.15, 0.2) is 0 Å². The highest BCUT2D eigenvalue weighted by molar-refractivity contribution is 5.78. The van der Waals surface area contributed by atoms with Crippen molar-refractivity contribution in [3.63, 3.8) is 0 Å². The zero-order valence-corrected chi connectivity index (χ0v) is 10.7. The van der Waals surface area contributed by atoms with Gasteiger partial charge in [-0.05, 0) is 13.3 Å². The van der Waals surface area contributed by atoms with Crippen LogP contribution in [0, 0.1) is 0 Å². The molecule has 3 N–H and O–H groups in total. The lowest BCUT2D eigenvalue weighted by Crippen LogP contribution is -2.36. The normalized spacial score (nSPS) is 14.1. The van der Waals surface area contributed by atoms with Crippen LogP contribution >= 0.6 is 0 Å². The third-order valence-electron chi connectivity index (χ3n) is 2.43. The van der Waals surface area contributed by atoms with E-state index in [1.54, 1.807) is 0 Å². The molecule has 0 spiro atoms. The second-order valence-electron chi connectivity index (χ2n) is 4.65. The van der Waals surface area contributed by atoms with E-state index in [9.17, 15) is 14.7 Å². The summed E-state index contributed by atoms with van der Waals surface area (Å²) in [6.07, 6.45) is 3.68. The molecule has 0 aliphatic carbocycles. The monoisotopic (exact) mass is 245 g/mol. The van der Waals surface area contributed by atoms with E-state index in [1.165, 1.54) is 6.92 Å². The van der Waals surface area contributed by atoms with Gasteiger partial charge in [0.05, 0.1) is 18.4 Å². The van der Waals surface area contributed by atoms with Crippen LogP contribution in [0.4, 0.5) is 0 Å². The number of nitrogens with one attached hydrogen (secondary N) is 1. The highest BCUT2D eigenvalue weighted by atomic mass is 16.4. The third-order valence-corrected chi connectivity index (χ3v) is 2.43. The van der Waals surface area contributed by atoms with Gasteiger partial charge in [-0.25, -0.2) is 0 Å². The average Bonchev–Trinajstić information content (AvgIpc) is 2.14. The molecule has 0 aliphatic heterocycles. The number of carbonyl (C=O) groups excluding carboxylic acids is 1. The topological polar surface area (TPSA) is 86.6 Å². The average molecular weight is 245 g/mol. The number of rotatable bonds is 9. The van der Waals surface area contributed by atoms with Crippen LogP contribution < -0.4 is 5.32 Å². The first-order chi connectivity index (χ1) is 7.87. The highest BCUT2D eigenvalue weighted by Gasteiger charge is 2.27. The molecule has 0 bridgehead atoms. The Balaban J connectivity index is 3.73. The van der Waals surface area contributed by atoms with Crippen LogP contribution in [-0.2, 0) is 9.59 Å². The molecule has 1 atom stereocenters. The molecular formula is C12H23NO4. The number of carbonyl (C=O) groups is 2. The number of aliphatic carboxylic acids is 1. The maximum atomic E-state index is 11.4. The molecule has 0 radical (unpaired) electrons. The minimum atomic E-state index is -1.47. The predicted octanol–water partition coefficient (Wildman–Crippen LogP) is 1.30. The van der Waals surface area contributed by atoms with E-state index < -0.39 is 18.0 Å². The van der Waals surface area contributed by atoms with E-state index in [2.05, 4.69) is 12.2 Å². The molecule has 0 saturated heterocycles. The van der Waals surface area contributed by atoms with Crippen LogP contribution in [0.2, 0.25) is 0 Å². The molecule has 0 fully saturated rings. The standard InChI is InChI=1S/C12H23NO4/c1-3-4-5-6-7-13-10(14)8-12(2,17)9-11(15)16/h17H,3-9H2,1-2H3,(H,13,14)(H,15,16)/t12-/m0/s1. The van der Waals surface area contributed by atoms with E-state index in [0.717, 1.165) is 25.7 Å². The van der Waals surface area contributed by atoms with Gasteiger partial charge in [-0.1, -0.05) is 26.2 Å². The second-order valence-corrected chi connectivity index (χ2v) is 4.65. The number of carboxylic acid groups (broad SMARTS) is 1. The van der Waals surface area contributed by atoms with Gasteiger partial charge in [-0.3, -0.25) is 9.59 Å². The summed E-state index contributed by atoms with van der Waals surface area (Å²) in [5.41, 5.74) is -1.47. The number of unbranched alkanes of at least 4 members (excludes halogenated alkanes) is 3. The maximum absolute atomic E-state index is 11.4. The largest absolute Gasteiger partial charge is 0.481 e. The Kier molecular flexibility index (Phi) is 7.54. The zero-order valence-electron chi connectivity index (χ0n) is 10.7. The molecule has 0 aromatic rings. The molecule has 0 heterocycles. The molecule has 0 aliphatic rings. The fourth-order valence-electron chi connectivity index (χ4n) is 1.58. The predicted molar refractivity (Wildman–Crippen MR) is 64.6 cm³/mol. The fourth-order valence-corrected chi connectivity index (χ4v) is 1.58. The molecule has 5 nitrogen and oxygen atoms in total. The van der Waals surface area contributed by atoms with Gasteiger partial charge in [0.1, 0.15) is 0 Å². The number of hydrogen-bond acceptors (Lipinski definition) is 3. The minimum Gasteiger partial charge on any atom is -0.481 e. The van der Waals surface area contributed by atoms with Crippen molar-refractivity contribution in [2.75, 3.05) is 6.54 Å². The Morgan fingerprint density at radius 3 is 2.35 bits per heavy atom. The zero-order chi connectivity index (χ0) is 13.3. The van der Waals surface area contributed by atoms with Crippen LogP contribution in [0.15, 0.2) is 0 Å². The smallest absolute Gasteiger partial charge is 0.306 e. The van der Waals surface area contributed by atoms with Gasteiger partial charge in [0.2, 0.25) is 5.91 Å². The Labute approximate surface area is 102 Å². The first-order valence-corrected chi connectivity index (χ1v) is 6.08. The molecule has 1 amide bonds. The molecule has 5 heteroatoms. The summed E-state index contributed by atoms with van der Waals surface area (Å²) in [7, 11) is 0. The van der Waals surface area contributed by atoms with Crippen molar-refractivity contribution in [1.29, 1.82) is 0 Å². The van der Waals surface area contributed by atoms with Crippen LogP contribution in [0.1, 0.15) is 52.4 Å². The summed E-state index contributed by atoms with van der Waals surface area (Å²) in [5, 5.41) is 20.9. The van der Waals surface area contributed by atoms with Crippen molar-refractivity contribution in [3.05, 3.63) is 0 Å². The quantitative estimate of drug-likeness (QED) is 0.534. The van der Waals surface area contributed by atoms with E-state index in [1.807, 2.05) is 0 Å². The number of hydrogen-bond donors (Lipinski definition) is 3. The van der Waals surface area contributed by atoms with Crippen molar-refractivity contribution in [2.45, 2.75) is 58.0 Å². The fraction of sp³-hybridized carbons (Fsp3) is 0.833. The van der Waals surface area contributed by atoms with Gasteiger partial charge in [0.25, 0.3) is 0 Å². The summed E-state index contributed by atoms with van der Waals surface area (Å²) >= 11 is 0. The molecule has 17 heavy (non-hydrogen) atoms. The Bertz CT molecular complexity index is 251. The van der Waals surface area contributed by atoms with Crippen molar-refractivity contribution in [2.24, 2.45) is 0 Å². The first-order valence-electron chi connectivity index (χ1n) is 6.08. The lowest BCUT2D eigenvalue weighted by atomic mass is 9.98. The van der Waals surface area contributed by atoms with E-state index in [0.29, 0.717) is 6.54 Å². The van der Waals surface area contributed by atoms with E-state index >= 15 is 0 Å². The van der Waals surface area contributed by atoms with Crippen molar-refractivity contribution in [1.82, 2.24) is 5.32 Å². The summed E-state index contributed by atoms with van der Waals surface area (Å²) in [6.45, 7) is 4.06. The van der Waals surface area contributed by atoms with Crippen molar-refractivity contribution < 1.29 is 19.8 Å². The summed E-state index contributed by atoms with van der Waals surface area (Å²) in [5.74, 6) is -1.40. The summed E-state index contributed by atoms with van der Waals surface area (Å²) < 4.78 is 0. The van der Waals surface area contributed by atoms with Crippen molar-refractivity contribution in [3.8, 4) is 0 Å². The van der Waals surface area contributed by atoms with Crippen LogP contribution in [0.5, 0.6) is 0 Å². The van der Waals surface area contributed by atoms with Crippen LogP contribution in [0.3, 0.4) is 0 Å². The maximum Gasteiger partial charge on any atom is 0.306 e. The Morgan fingerprint density at radius 2 is 1.82 bits per heavy atom. The molecule has 0 unspecified atom stereocenters.